The molecule has 0 saturated heterocycles. The molecule has 1 aliphatic rings. The number of hydrogen-bond acceptors (Lipinski definition) is 1. The number of carbonyl (C=O) groups is 1. The van der Waals surface area contributed by atoms with Crippen LogP contribution in [0.4, 0.5) is 0 Å². The minimum atomic E-state index is 0.112. The maximum absolute atomic E-state index is 11.9. The van der Waals surface area contributed by atoms with E-state index >= 15 is 0 Å². The van der Waals surface area contributed by atoms with E-state index in [1.54, 1.807) is 0 Å². The summed E-state index contributed by atoms with van der Waals surface area (Å²) >= 11 is 0. The first-order valence-corrected chi connectivity index (χ1v) is 7.45. The fourth-order valence-corrected chi connectivity index (χ4v) is 2.50. The fraction of sp³-hybridized carbons (Fsp3) is 0.588. The molecule has 1 atom stereocenters. The van der Waals surface area contributed by atoms with Gasteiger partial charge in [-0.3, -0.25) is 4.79 Å². The molecule has 2 heteroatoms. The Kier molecular flexibility index (Phi) is 4.62. The molecule has 0 aliphatic heterocycles. The first kappa shape index (κ1) is 14.1. The van der Waals surface area contributed by atoms with Crippen LogP contribution in [-0.4, -0.2) is 5.91 Å². The van der Waals surface area contributed by atoms with Crippen molar-refractivity contribution in [2.24, 2.45) is 11.8 Å². The average molecular weight is 259 g/mol. The average Bonchev–Trinajstić information content (AvgIpc) is 2.26. The Morgan fingerprint density at radius 3 is 2.32 bits per heavy atom. The summed E-state index contributed by atoms with van der Waals surface area (Å²) in [5.41, 5.74) is 2.57. The zero-order valence-electron chi connectivity index (χ0n) is 12.3. The van der Waals surface area contributed by atoms with Gasteiger partial charge in [0.05, 0.1) is 6.04 Å². The lowest BCUT2D eigenvalue weighted by Gasteiger charge is -2.26. The van der Waals surface area contributed by atoms with Gasteiger partial charge in [-0.15, -0.1) is 0 Å². The van der Waals surface area contributed by atoms with Gasteiger partial charge in [0, 0.05) is 5.92 Å². The summed E-state index contributed by atoms with van der Waals surface area (Å²) < 4.78 is 0. The highest BCUT2D eigenvalue weighted by molar-refractivity contribution is 5.79. The topological polar surface area (TPSA) is 29.1 Å². The summed E-state index contributed by atoms with van der Waals surface area (Å²) in [7, 11) is 0. The number of rotatable bonds is 5. The molecule has 2 nitrogen and oxygen atoms in total. The summed E-state index contributed by atoms with van der Waals surface area (Å²) in [5, 5.41) is 3.12. The summed E-state index contributed by atoms with van der Waals surface area (Å²) in [5.74, 6) is 1.18. The van der Waals surface area contributed by atoms with E-state index in [0.717, 1.165) is 19.3 Å². The molecule has 0 aromatic heterocycles. The van der Waals surface area contributed by atoms with Gasteiger partial charge in [-0.1, -0.05) is 44.5 Å². The molecule has 19 heavy (non-hydrogen) atoms. The third-order valence-corrected chi connectivity index (χ3v) is 3.96. The van der Waals surface area contributed by atoms with Crippen molar-refractivity contribution in [3.05, 3.63) is 35.4 Å². The van der Waals surface area contributed by atoms with Gasteiger partial charge < -0.3 is 5.32 Å². The molecule has 0 heterocycles. The first-order valence-electron chi connectivity index (χ1n) is 7.45. The van der Waals surface area contributed by atoms with E-state index in [2.05, 4.69) is 50.4 Å². The summed E-state index contributed by atoms with van der Waals surface area (Å²) in [6, 6.07) is 8.76. The van der Waals surface area contributed by atoms with E-state index in [1.165, 1.54) is 17.5 Å². The van der Waals surface area contributed by atoms with Crippen LogP contribution in [0.1, 0.15) is 57.2 Å². The summed E-state index contributed by atoms with van der Waals surface area (Å²) in [6.45, 7) is 6.53. The van der Waals surface area contributed by atoms with Gasteiger partial charge in [0.15, 0.2) is 0 Å². The molecule has 0 unspecified atom stereocenters. The van der Waals surface area contributed by atoms with Gasteiger partial charge >= 0.3 is 0 Å². The summed E-state index contributed by atoms with van der Waals surface area (Å²) in [6.07, 6.45) is 4.44. The third-order valence-electron chi connectivity index (χ3n) is 3.96. The maximum atomic E-state index is 11.9. The minimum absolute atomic E-state index is 0.112. The van der Waals surface area contributed by atoms with Crippen LogP contribution in [0.2, 0.25) is 0 Å². The highest BCUT2D eigenvalue weighted by Crippen LogP contribution is 2.27. The van der Waals surface area contributed by atoms with Crippen LogP contribution in [0.5, 0.6) is 0 Å². The van der Waals surface area contributed by atoms with Gasteiger partial charge in [0.25, 0.3) is 0 Å². The van der Waals surface area contributed by atoms with E-state index in [4.69, 9.17) is 0 Å². The molecule has 1 aliphatic carbocycles. The standard InChI is InChI=1S/C17H25NO/c1-12(2)11-14-7-9-15(10-8-14)13(3)18-17(19)16-5-4-6-16/h7-10,12-13,16H,4-6,11H2,1-3H3,(H,18,19)/t13-/m0/s1. The predicted molar refractivity (Wildman–Crippen MR) is 78.9 cm³/mol. The Morgan fingerprint density at radius 1 is 1.21 bits per heavy atom. The van der Waals surface area contributed by atoms with E-state index in [1.807, 2.05) is 0 Å². The molecule has 1 saturated carbocycles. The van der Waals surface area contributed by atoms with Crippen LogP contribution in [0, 0.1) is 11.8 Å². The molecule has 1 aromatic carbocycles. The van der Waals surface area contributed by atoms with Crippen molar-refractivity contribution >= 4 is 5.91 Å². The second-order valence-electron chi connectivity index (χ2n) is 6.20. The lowest BCUT2D eigenvalue weighted by Crippen LogP contribution is -2.35. The smallest absolute Gasteiger partial charge is 0.223 e. The van der Waals surface area contributed by atoms with Crippen LogP contribution < -0.4 is 5.32 Å². The highest BCUT2D eigenvalue weighted by atomic mass is 16.1. The molecular weight excluding hydrogens is 234 g/mol. The highest BCUT2D eigenvalue weighted by Gasteiger charge is 2.26. The zero-order chi connectivity index (χ0) is 13.8. The number of nitrogens with one attached hydrogen (secondary N) is 1. The van der Waals surface area contributed by atoms with Crippen molar-refractivity contribution in [3.63, 3.8) is 0 Å². The molecule has 1 fully saturated rings. The molecule has 1 N–H and O–H groups in total. The van der Waals surface area contributed by atoms with Crippen LogP contribution in [0.25, 0.3) is 0 Å². The Labute approximate surface area is 116 Å². The monoisotopic (exact) mass is 259 g/mol. The maximum Gasteiger partial charge on any atom is 0.223 e. The Morgan fingerprint density at radius 2 is 1.84 bits per heavy atom. The second-order valence-corrected chi connectivity index (χ2v) is 6.20. The lowest BCUT2D eigenvalue weighted by molar-refractivity contribution is -0.128. The Balaban J connectivity index is 1.91. The molecule has 2 rings (SSSR count). The van der Waals surface area contributed by atoms with E-state index in [-0.39, 0.29) is 17.9 Å². The first-order chi connectivity index (χ1) is 9.06. The molecular formula is C17H25NO. The van der Waals surface area contributed by atoms with Crippen molar-refractivity contribution in [3.8, 4) is 0 Å². The van der Waals surface area contributed by atoms with Gasteiger partial charge in [0.2, 0.25) is 5.91 Å². The van der Waals surface area contributed by atoms with Gasteiger partial charge in [-0.25, -0.2) is 0 Å². The van der Waals surface area contributed by atoms with Crippen LogP contribution in [0.15, 0.2) is 24.3 Å². The lowest BCUT2D eigenvalue weighted by atomic mass is 9.84. The van der Waals surface area contributed by atoms with E-state index in [9.17, 15) is 4.79 Å². The third kappa shape index (κ3) is 3.82. The zero-order valence-corrected chi connectivity index (χ0v) is 12.3. The largest absolute Gasteiger partial charge is 0.349 e. The van der Waals surface area contributed by atoms with Gasteiger partial charge in [-0.2, -0.15) is 0 Å². The SMILES string of the molecule is CC(C)Cc1ccc([C@H](C)NC(=O)C2CCC2)cc1. The number of benzene rings is 1. The van der Waals surface area contributed by atoms with Crippen molar-refractivity contribution in [1.82, 2.24) is 5.32 Å². The minimum Gasteiger partial charge on any atom is -0.349 e. The van der Waals surface area contributed by atoms with E-state index < -0.39 is 0 Å². The number of carbonyl (C=O) groups excluding carboxylic acids is 1. The quantitative estimate of drug-likeness (QED) is 0.854. The predicted octanol–water partition coefficient (Wildman–Crippen LogP) is 3.86. The normalized spacial score (nSPS) is 17.1. The van der Waals surface area contributed by atoms with Crippen LogP contribution in [-0.2, 0) is 11.2 Å². The molecule has 104 valence electrons. The summed E-state index contributed by atoms with van der Waals surface area (Å²) in [4.78, 5) is 11.9. The van der Waals surface area contributed by atoms with Crippen LogP contribution >= 0.6 is 0 Å². The Bertz CT molecular complexity index is 417. The second kappa shape index (κ2) is 6.23. The molecule has 1 aromatic rings. The molecule has 1 amide bonds. The molecule has 0 bridgehead atoms. The van der Waals surface area contributed by atoms with Crippen LogP contribution in [0.3, 0.4) is 0 Å². The van der Waals surface area contributed by atoms with Gasteiger partial charge in [-0.05, 0) is 43.2 Å². The molecule has 0 radical (unpaired) electrons. The fourth-order valence-electron chi connectivity index (χ4n) is 2.50. The Hall–Kier alpha value is -1.31. The van der Waals surface area contributed by atoms with Crippen molar-refractivity contribution in [2.45, 2.75) is 52.5 Å². The van der Waals surface area contributed by atoms with Crippen molar-refractivity contribution in [1.29, 1.82) is 0 Å². The van der Waals surface area contributed by atoms with E-state index in [0.29, 0.717) is 5.92 Å². The van der Waals surface area contributed by atoms with Crippen molar-refractivity contribution < 1.29 is 4.79 Å². The van der Waals surface area contributed by atoms with Crippen molar-refractivity contribution in [2.75, 3.05) is 0 Å². The molecule has 0 spiro atoms. The van der Waals surface area contributed by atoms with Gasteiger partial charge in [0.1, 0.15) is 0 Å². The number of amides is 1. The number of hydrogen-bond donors (Lipinski definition) is 1.